The SMILES string of the molecule is CC(C)COc1ccccc1/C=C1/SC(=O)N(Cc2ccc(Cl)cc2)C1=O. The Balaban J connectivity index is 1.79. The summed E-state index contributed by atoms with van der Waals surface area (Å²) in [7, 11) is 0. The summed E-state index contributed by atoms with van der Waals surface area (Å²) in [6, 6.07) is 14.6. The van der Waals surface area contributed by atoms with Crippen LogP contribution >= 0.6 is 23.4 Å². The van der Waals surface area contributed by atoms with E-state index >= 15 is 0 Å². The molecule has 6 heteroatoms. The molecule has 1 aliphatic rings. The number of amides is 2. The van der Waals surface area contributed by atoms with Crippen LogP contribution in [0.1, 0.15) is 25.0 Å². The van der Waals surface area contributed by atoms with Crippen LogP contribution in [-0.4, -0.2) is 22.7 Å². The Kier molecular flexibility index (Phi) is 6.24. The monoisotopic (exact) mass is 401 g/mol. The molecule has 1 aliphatic heterocycles. The van der Waals surface area contributed by atoms with Crippen LogP contribution in [-0.2, 0) is 11.3 Å². The molecule has 0 radical (unpaired) electrons. The Hall–Kier alpha value is -2.24. The molecule has 0 saturated carbocycles. The molecule has 0 spiro atoms. The summed E-state index contributed by atoms with van der Waals surface area (Å²) in [6.07, 6.45) is 1.72. The number of hydrogen-bond donors (Lipinski definition) is 0. The van der Waals surface area contributed by atoms with Crippen molar-refractivity contribution >= 4 is 40.6 Å². The van der Waals surface area contributed by atoms with Crippen molar-refractivity contribution in [2.45, 2.75) is 20.4 Å². The van der Waals surface area contributed by atoms with Crippen LogP contribution in [0.2, 0.25) is 5.02 Å². The molecule has 2 aromatic rings. The summed E-state index contributed by atoms with van der Waals surface area (Å²) in [5.74, 6) is 0.805. The van der Waals surface area contributed by atoms with Crippen molar-refractivity contribution < 1.29 is 14.3 Å². The fourth-order valence-electron chi connectivity index (χ4n) is 2.54. The van der Waals surface area contributed by atoms with Gasteiger partial charge in [0.2, 0.25) is 0 Å². The Morgan fingerprint density at radius 1 is 1.11 bits per heavy atom. The summed E-state index contributed by atoms with van der Waals surface area (Å²) in [5, 5.41) is 0.340. The predicted octanol–water partition coefficient (Wildman–Crippen LogP) is 5.61. The van der Waals surface area contributed by atoms with Crippen LogP contribution < -0.4 is 4.74 Å². The number of hydrogen-bond acceptors (Lipinski definition) is 4. The third-order valence-electron chi connectivity index (χ3n) is 3.91. The lowest BCUT2D eigenvalue weighted by Crippen LogP contribution is -2.27. The normalized spacial score (nSPS) is 15.9. The van der Waals surface area contributed by atoms with Crippen molar-refractivity contribution in [3.05, 3.63) is 69.6 Å². The number of imide groups is 1. The highest BCUT2D eigenvalue weighted by Crippen LogP contribution is 2.35. The van der Waals surface area contributed by atoms with Crippen LogP contribution in [0.25, 0.3) is 6.08 Å². The maximum absolute atomic E-state index is 12.7. The molecule has 1 fully saturated rings. The van der Waals surface area contributed by atoms with Gasteiger partial charge in [0.25, 0.3) is 11.1 Å². The van der Waals surface area contributed by atoms with Crippen LogP contribution in [0.15, 0.2) is 53.4 Å². The Morgan fingerprint density at radius 2 is 1.81 bits per heavy atom. The number of carbonyl (C=O) groups is 2. The zero-order chi connectivity index (χ0) is 19.4. The second-order valence-electron chi connectivity index (χ2n) is 6.64. The summed E-state index contributed by atoms with van der Waals surface area (Å²) in [4.78, 5) is 26.7. The van der Waals surface area contributed by atoms with Crippen LogP contribution in [0.4, 0.5) is 4.79 Å². The topological polar surface area (TPSA) is 46.6 Å². The highest BCUT2D eigenvalue weighted by atomic mass is 35.5. The number of nitrogens with zero attached hydrogens (tertiary/aromatic N) is 1. The fraction of sp³-hybridized carbons (Fsp3) is 0.238. The maximum atomic E-state index is 12.7. The molecular weight excluding hydrogens is 382 g/mol. The largest absolute Gasteiger partial charge is 0.493 e. The minimum atomic E-state index is -0.293. The Morgan fingerprint density at radius 3 is 2.52 bits per heavy atom. The third kappa shape index (κ3) is 4.93. The number of thioether (sulfide) groups is 1. The van der Waals surface area contributed by atoms with E-state index in [-0.39, 0.29) is 17.7 Å². The van der Waals surface area contributed by atoms with Crippen molar-refractivity contribution in [1.82, 2.24) is 4.90 Å². The first-order valence-electron chi connectivity index (χ1n) is 8.65. The average molecular weight is 402 g/mol. The smallest absolute Gasteiger partial charge is 0.293 e. The van der Waals surface area contributed by atoms with E-state index < -0.39 is 0 Å². The van der Waals surface area contributed by atoms with Crippen LogP contribution in [0.3, 0.4) is 0 Å². The number of rotatable bonds is 6. The molecule has 0 aliphatic carbocycles. The van der Waals surface area contributed by atoms with E-state index in [1.807, 2.05) is 36.4 Å². The van der Waals surface area contributed by atoms with E-state index in [0.29, 0.717) is 28.2 Å². The van der Waals surface area contributed by atoms with Gasteiger partial charge in [0.15, 0.2) is 0 Å². The summed E-state index contributed by atoms with van der Waals surface area (Å²) in [5.41, 5.74) is 1.64. The van der Waals surface area contributed by atoms with Gasteiger partial charge in [0.1, 0.15) is 5.75 Å². The molecule has 2 aromatic carbocycles. The molecule has 0 N–H and O–H groups in total. The second kappa shape index (κ2) is 8.63. The predicted molar refractivity (Wildman–Crippen MR) is 110 cm³/mol. The highest BCUT2D eigenvalue weighted by molar-refractivity contribution is 8.18. The molecule has 0 atom stereocenters. The van der Waals surface area contributed by atoms with E-state index in [2.05, 4.69) is 13.8 Å². The lowest BCUT2D eigenvalue weighted by Gasteiger charge is -2.13. The molecule has 1 heterocycles. The molecule has 140 valence electrons. The number of benzene rings is 2. The zero-order valence-electron chi connectivity index (χ0n) is 15.1. The van der Waals surface area contributed by atoms with E-state index in [1.165, 1.54) is 4.90 Å². The van der Waals surface area contributed by atoms with E-state index in [9.17, 15) is 9.59 Å². The Labute approximate surface area is 168 Å². The van der Waals surface area contributed by atoms with Crippen LogP contribution in [0, 0.1) is 5.92 Å². The van der Waals surface area contributed by atoms with Crippen LogP contribution in [0.5, 0.6) is 5.75 Å². The van der Waals surface area contributed by atoms with Gasteiger partial charge in [0.05, 0.1) is 18.1 Å². The number of carbonyl (C=O) groups excluding carboxylic acids is 2. The summed E-state index contributed by atoms with van der Waals surface area (Å²) in [6.45, 7) is 4.96. The van der Waals surface area contributed by atoms with Gasteiger partial charge in [-0.15, -0.1) is 0 Å². The molecule has 1 saturated heterocycles. The molecule has 0 unspecified atom stereocenters. The van der Waals surface area contributed by atoms with Gasteiger partial charge in [-0.3, -0.25) is 14.5 Å². The number of para-hydroxylation sites is 1. The van der Waals surface area contributed by atoms with Crippen molar-refractivity contribution in [2.75, 3.05) is 6.61 Å². The second-order valence-corrected chi connectivity index (χ2v) is 8.07. The lowest BCUT2D eigenvalue weighted by molar-refractivity contribution is -0.123. The molecule has 0 aromatic heterocycles. The maximum Gasteiger partial charge on any atom is 0.293 e. The fourth-order valence-corrected chi connectivity index (χ4v) is 3.49. The van der Waals surface area contributed by atoms with Crippen molar-refractivity contribution in [2.24, 2.45) is 5.92 Å². The standard InChI is InChI=1S/C21H20ClNO3S/c1-14(2)13-26-18-6-4-3-5-16(18)11-19-20(24)23(21(25)27-19)12-15-7-9-17(22)10-8-15/h3-11,14H,12-13H2,1-2H3/b19-11+. The van der Waals surface area contributed by atoms with Gasteiger partial charge < -0.3 is 4.74 Å². The van der Waals surface area contributed by atoms with Gasteiger partial charge in [-0.1, -0.05) is 55.8 Å². The molecule has 3 rings (SSSR count). The van der Waals surface area contributed by atoms with Gasteiger partial charge in [-0.2, -0.15) is 0 Å². The third-order valence-corrected chi connectivity index (χ3v) is 5.06. The van der Waals surface area contributed by atoms with Crippen molar-refractivity contribution in [3.63, 3.8) is 0 Å². The molecule has 4 nitrogen and oxygen atoms in total. The zero-order valence-corrected chi connectivity index (χ0v) is 16.7. The molecule has 0 bridgehead atoms. The van der Waals surface area contributed by atoms with Gasteiger partial charge in [0, 0.05) is 10.6 Å². The first kappa shape index (κ1) is 19.5. The minimum Gasteiger partial charge on any atom is -0.493 e. The first-order valence-corrected chi connectivity index (χ1v) is 9.85. The van der Waals surface area contributed by atoms with Gasteiger partial charge in [-0.05, 0) is 47.5 Å². The van der Waals surface area contributed by atoms with E-state index in [0.717, 1.165) is 22.9 Å². The lowest BCUT2D eigenvalue weighted by atomic mass is 10.1. The average Bonchev–Trinajstić information content (AvgIpc) is 2.90. The van der Waals surface area contributed by atoms with Crippen molar-refractivity contribution in [3.8, 4) is 5.75 Å². The summed E-state index contributed by atoms with van der Waals surface area (Å²) < 4.78 is 5.83. The number of ether oxygens (including phenoxy) is 1. The van der Waals surface area contributed by atoms with Gasteiger partial charge in [-0.25, -0.2) is 0 Å². The van der Waals surface area contributed by atoms with E-state index in [1.54, 1.807) is 18.2 Å². The quantitative estimate of drug-likeness (QED) is 0.590. The molecule has 2 amide bonds. The molecular formula is C21H20ClNO3S. The summed E-state index contributed by atoms with van der Waals surface area (Å²) >= 11 is 6.84. The van der Waals surface area contributed by atoms with Crippen molar-refractivity contribution in [1.29, 1.82) is 0 Å². The molecule has 27 heavy (non-hydrogen) atoms. The van der Waals surface area contributed by atoms with E-state index in [4.69, 9.17) is 16.3 Å². The number of halogens is 1. The highest BCUT2D eigenvalue weighted by Gasteiger charge is 2.35. The first-order chi connectivity index (χ1) is 12.9. The Bertz CT molecular complexity index is 877. The van der Waals surface area contributed by atoms with Gasteiger partial charge >= 0.3 is 0 Å². The minimum absolute atomic E-state index is 0.227.